The maximum atomic E-state index is 11.2. The molecule has 3 heteroatoms. The lowest BCUT2D eigenvalue weighted by molar-refractivity contribution is -0.117. The number of Topliss-reactive ketones (excluding diaryl/α,β-unsaturated/α-hetero) is 1. The van der Waals surface area contributed by atoms with Gasteiger partial charge in [-0.3, -0.25) is 9.59 Å². The third-order valence-electron chi connectivity index (χ3n) is 2.20. The molecule has 0 bridgehead atoms. The summed E-state index contributed by atoms with van der Waals surface area (Å²) in [6.45, 7) is 3.59. The van der Waals surface area contributed by atoms with E-state index in [0.717, 1.165) is 19.3 Å². The molecule has 76 valence electrons. The van der Waals surface area contributed by atoms with Crippen molar-refractivity contribution in [2.45, 2.75) is 39.5 Å². The van der Waals surface area contributed by atoms with E-state index in [1.54, 1.807) is 6.08 Å². The predicted octanol–water partition coefficient (Wildman–Crippen LogP) is 2.06. The van der Waals surface area contributed by atoms with Crippen molar-refractivity contribution >= 4 is 17.4 Å². The second kappa shape index (κ2) is 4.84. The number of nitrogens with zero attached hydrogens (tertiary/aromatic N) is 1. The fraction of sp³-hybridized carbons (Fsp3) is 0.545. The lowest BCUT2D eigenvalue weighted by Gasteiger charge is -2.11. The van der Waals surface area contributed by atoms with Crippen LogP contribution in [0.5, 0.6) is 0 Å². The standard InChI is InChI=1S/C11H15NO2/c1-3-4-5-10-9(8(2)13)6-7-11(14)12-10/h6H,3-5,7H2,1-2H3. The molecule has 1 rings (SSSR count). The van der Waals surface area contributed by atoms with E-state index in [-0.39, 0.29) is 18.1 Å². The van der Waals surface area contributed by atoms with Gasteiger partial charge in [-0.25, -0.2) is 4.99 Å². The van der Waals surface area contributed by atoms with Gasteiger partial charge in [-0.1, -0.05) is 19.4 Å². The minimum absolute atomic E-state index is 0.00681. The Balaban J connectivity index is 2.79. The minimum atomic E-state index is -0.138. The van der Waals surface area contributed by atoms with E-state index in [2.05, 4.69) is 11.9 Å². The molecule has 0 aromatic rings. The molecule has 0 unspecified atom stereocenters. The largest absolute Gasteiger partial charge is 0.294 e. The Labute approximate surface area is 83.9 Å². The molecule has 1 aliphatic rings. The molecule has 0 fully saturated rings. The lowest BCUT2D eigenvalue weighted by atomic mass is 9.98. The topological polar surface area (TPSA) is 46.5 Å². The van der Waals surface area contributed by atoms with Gasteiger partial charge in [0.05, 0.1) is 5.71 Å². The van der Waals surface area contributed by atoms with Crippen LogP contribution in [0.25, 0.3) is 0 Å². The fourth-order valence-corrected chi connectivity index (χ4v) is 1.45. The highest BCUT2D eigenvalue weighted by molar-refractivity contribution is 6.25. The smallest absolute Gasteiger partial charge is 0.249 e. The minimum Gasteiger partial charge on any atom is -0.294 e. The average molecular weight is 193 g/mol. The van der Waals surface area contributed by atoms with E-state index >= 15 is 0 Å². The molecule has 1 aliphatic heterocycles. The summed E-state index contributed by atoms with van der Waals surface area (Å²) in [5, 5.41) is 0. The number of unbranched alkanes of at least 4 members (excludes halogenated alkanes) is 1. The zero-order valence-corrected chi connectivity index (χ0v) is 8.67. The van der Waals surface area contributed by atoms with Crippen LogP contribution in [0.1, 0.15) is 39.5 Å². The van der Waals surface area contributed by atoms with Crippen LogP contribution >= 0.6 is 0 Å². The van der Waals surface area contributed by atoms with E-state index in [1.807, 2.05) is 0 Å². The van der Waals surface area contributed by atoms with Crippen LogP contribution in [0.4, 0.5) is 0 Å². The highest BCUT2D eigenvalue weighted by Crippen LogP contribution is 2.14. The van der Waals surface area contributed by atoms with Crippen molar-refractivity contribution in [3.05, 3.63) is 11.6 Å². The number of rotatable bonds is 4. The molecule has 0 radical (unpaired) electrons. The average Bonchev–Trinajstić information content (AvgIpc) is 2.14. The number of dihydropyridines is 1. The van der Waals surface area contributed by atoms with Crippen LogP contribution < -0.4 is 0 Å². The zero-order chi connectivity index (χ0) is 10.6. The Morgan fingerprint density at radius 2 is 2.29 bits per heavy atom. The number of hydrogen-bond donors (Lipinski definition) is 0. The highest BCUT2D eigenvalue weighted by Gasteiger charge is 2.17. The Morgan fingerprint density at radius 3 is 2.86 bits per heavy atom. The fourth-order valence-electron chi connectivity index (χ4n) is 1.45. The Kier molecular flexibility index (Phi) is 3.74. The summed E-state index contributed by atoms with van der Waals surface area (Å²) >= 11 is 0. The highest BCUT2D eigenvalue weighted by atomic mass is 16.1. The lowest BCUT2D eigenvalue weighted by Crippen LogP contribution is -2.16. The third kappa shape index (κ3) is 2.62. The number of carbonyl (C=O) groups excluding carboxylic acids is 2. The first-order valence-corrected chi connectivity index (χ1v) is 4.97. The van der Waals surface area contributed by atoms with Gasteiger partial charge < -0.3 is 0 Å². The summed E-state index contributed by atoms with van der Waals surface area (Å²) in [6, 6.07) is 0. The van der Waals surface area contributed by atoms with Gasteiger partial charge in [-0.2, -0.15) is 0 Å². The van der Waals surface area contributed by atoms with Gasteiger partial charge >= 0.3 is 0 Å². The summed E-state index contributed by atoms with van der Waals surface area (Å²) < 4.78 is 0. The van der Waals surface area contributed by atoms with Crippen LogP contribution in [-0.4, -0.2) is 17.4 Å². The SMILES string of the molecule is CCCCC1=NC(=O)CC=C1C(C)=O. The second-order valence-electron chi connectivity index (χ2n) is 3.43. The van der Waals surface area contributed by atoms with Crippen molar-refractivity contribution in [2.75, 3.05) is 0 Å². The van der Waals surface area contributed by atoms with Gasteiger partial charge in [0.25, 0.3) is 0 Å². The molecule has 0 spiro atoms. The van der Waals surface area contributed by atoms with Crippen LogP contribution in [0.15, 0.2) is 16.6 Å². The van der Waals surface area contributed by atoms with Crippen molar-refractivity contribution in [1.29, 1.82) is 0 Å². The molecule has 1 heterocycles. The Bertz CT molecular complexity index is 313. The number of hydrogen-bond acceptors (Lipinski definition) is 2. The molecular weight excluding hydrogens is 178 g/mol. The summed E-state index contributed by atoms with van der Waals surface area (Å²) in [5.41, 5.74) is 1.31. The van der Waals surface area contributed by atoms with E-state index in [9.17, 15) is 9.59 Å². The Hall–Kier alpha value is -1.25. The number of ketones is 1. The van der Waals surface area contributed by atoms with Crippen molar-refractivity contribution < 1.29 is 9.59 Å². The van der Waals surface area contributed by atoms with Gasteiger partial charge in [0.1, 0.15) is 0 Å². The summed E-state index contributed by atoms with van der Waals surface area (Å²) in [6.07, 6.45) is 4.70. The summed E-state index contributed by atoms with van der Waals surface area (Å²) in [5.74, 6) is -0.131. The van der Waals surface area contributed by atoms with Gasteiger partial charge in [0.15, 0.2) is 5.78 Å². The zero-order valence-electron chi connectivity index (χ0n) is 8.67. The van der Waals surface area contributed by atoms with Crippen LogP contribution in [0, 0.1) is 0 Å². The van der Waals surface area contributed by atoms with Gasteiger partial charge in [-0.05, 0) is 19.8 Å². The van der Waals surface area contributed by atoms with Crippen LogP contribution in [0.2, 0.25) is 0 Å². The molecule has 0 N–H and O–H groups in total. The molecule has 0 aliphatic carbocycles. The second-order valence-corrected chi connectivity index (χ2v) is 3.43. The first-order valence-electron chi connectivity index (χ1n) is 4.97. The predicted molar refractivity (Wildman–Crippen MR) is 55.3 cm³/mol. The molecule has 0 saturated carbocycles. The number of amides is 1. The first kappa shape index (κ1) is 10.8. The third-order valence-corrected chi connectivity index (χ3v) is 2.20. The van der Waals surface area contributed by atoms with Crippen LogP contribution in [-0.2, 0) is 9.59 Å². The van der Waals surface area contributed by atoms with E-state index in [0.29, 0.717) is 11.3 Å². The van der Waals surface area contributed by atoms with E-state index in [1.165, 1.54) is 6.92 Å². The maximum absolute atomic E-state index is 11.2. The summed E-state index contributed by atoms with van der Waals surface area (Å²) in [4.78, 5) is 26.2. The first-order chi connectivity index (χ1) is 6.65. The molecule has 0 atom stereocenters. The van der Waals surface area contributed by atoms with Crippen LogP contribution in [0.3, 0.4) is 0 Å². The molecule has 0 aromatic heterocycles. The molecule has 0 aromatic carbocycles. The molecule has 0 saturated heterocycles. The van der Waals surface area contributed by atoms with Crippen molar-refractivity contribution in [3.63, 3.8) is 0 Å². The van der Waals surface area contributed by atoms with E-state index in [4.69, 9.17) is 0 Å². The van der Waals surface area contributed by atoms with Crippen molar-refractivity contribution in [1.82, 2.24) is 0 Å². The van der Waals surface area contributed by atoms with Gasteiger partial charge in [0.2, 0.25) is 5.91 Å². The maximum Gasteiger partial charge on any atom is 0.249 e. The molecular formula is C11H15NO2. The molecule has 14 heavy (non-hydrogen) atoms. The number of carbonyl (C=O) groups is 2. The monoisotopic (exact) mass is 193 g/mol. The Morgan fingerprint density at radius 1 is 1.57 bits per heavy atom. The quantitative estimate of drug-likeness (QED) is 0.686. The van der Waals surface area contributed by atoms with Gasteiger partial charge in [0, 0.05) is 12.0 Å². The molecule has 3 nitrogen and oxygen atoms in total. The van der Waals surface area contributed by atoms with Crippen molar-refractivity contribution in [3.8, 4) is 0 Å². The number of aliphatic imine (C=N–C) groups is 1. The normalized spacial score (nSPS) is 16.3. The van der Waals surface area contributed by atoms with E-state index < -0.39 is 0 Å². The van der Waals surface area contributed by atoms with Crippen molar-refractivity contribution in [2.24, 2.45) is 4.99 Å². The number of allylic oxidation sites excluding steroid dienone is 1. The molecule has 1 amide bonds. The summed E-state index contributed by atoms with van der Waals surface area (Å²) in [7, 11) is 0. The van der Waals surface area contributed by atoms with Gasteiger partial charge in [-0.15, -0.1) is 0 Å².